The number of nitrogens with zero attached hydrogens (tertiary/aromatic N) is 2. The number of nitrogens with one attached hydrogen (secondary N) is 2. The maximum atomic E-state index is 13.4. The number of hydrogen-bond donors (Lipinski definition) is 2. The van der Waals surface area contributed by atoms with Crippen LogP contribution >= 0.6 is 11.6 Å². The molecule has 0 saturated heterocycles. The second-order valence-electron chi connectivity index (χ2n) is 11.0. The van der Waals surface area contributed by atoms with Crippen molar-refractivity contribution in [3.8, 4) is 0 Å². The van der Waals surface area contributed by atoms with Crippen LogP contribution in [0.3, 0.4) is 0 Å². The Hall–Kier alpha value is -2.90. The van der Waals surface area contributed by atoms with Gasteiger partial charge in [0.2, 0.25) is 0 Å². The Labute approximate surface area is 218 Å². The Morgan fingerprint density at radius 1 is 1.11 bits per heavy atom. The first-order chi connectivity index (χ1) is 16.8. The molecular formula is C28H37ClN4O3. The Morgan fingerprint density at radius 2 is 1.81 bits per heavy atom. The summed E-state index contributed by atoms with van der Waals surface area (Å²) in [4.78, 5) is 30.4. The largest absolute Gasteiger partial charge is 0.444 e. The van der Waals surface area contributed by atoms with E-state index in [9.17, 15) is 9.59 Å². The molecule has 1 heterocycles. The zero-order chi connectivity index (χ0) is 26.5. The van der Waals surface area contributed by atoms with Crippen molar-refractivity contribution in [3.05, 3.63) is 75.3 Å². The number of carbonyl (C=O) groups excluding carboxylic acids is 1. The molecule has 194 valence electrons. The third-order valence-corrected chi connectivity index (χ3v) is 5.85. The van der Waals surface area contributed by atoms with Crippen LogP contribution in [0.25, 0.3) is 10.9 Å². The summed E-state index contributed by atoms with van der Waals surface area (Å²) in [6.45, 7) is 13.2. The number of rotatable bonds is 9. The number of fused-ring (bicyclic) bond motifs is 1. The van der Waals surface area contributed by atoms with Crippen LogP contribution in [0.15, 0.2) is 53.3 Å². The van der Waals surface area contributed by atoms with Crippen molar-refractivity contribution in [1.82, 2.24) is 20.2 Å². The summed E-state index contributed by atoms with van der Waals surface area (Å²) >= 11 is 6.18. The van der Waals surface area contributed by atoms with Gasteiger partial charge in [-0.25, -0.2) is 9.78 Å². The van der Waals surface area contributed by atoms with Crippen molar-refractivity contribution in [2.24, 2.45) is 5.92 Å². The van der Waals surface area contributed by atoms with Crippen LogP contribution in [0.1, 0.15) is 52.9 Å². The van der Waals surface area contributed by atoms with Gasteiger partial charge in [0.1, 0.15) is 11.4 Å². The van der Waals surface area contributed by atoms with Crippen LogP contribution in [0.4, 0.5) is 4.79 Å². The van der Waals surface area contributed by atoms with Gasteiger partial charge in [0.25, 0.3) is 5.56 Å². The molecule has 0 saturated carbocycles. The van der Waals surface area contributed by atoms with Crippen LogP contribution in [-0.4, -0.2) is 39.9 Å². The molecule has 1 unspecified atom stereocenters. The van der Waals surface area contributed by atoms with Gasteiger partial charge in [0, 0.05) is 18.0 Å². The van der Waals surface area contributed by atoms with Crippen molar-refractivity contribution in [3.63, 3.8) is 0 Å². The van der Waals surface area contributed by atoms with Crippen molar-refractivity contribution in [1.29, 1.82) is 0 Å². The number of benzene rings is 2. The average molecular weight is 513 g/mol. The summed E-state index contributed by atoms with van der Waals surface area (Å²) in [5.74, 6) is 0.909. The molecule has 0 spiro atoms. The van der Waals surface area contributed by atoms with E-state index in [1.165, 1.54) is 0 Å². The molecule has 1 amide bonds. The van der Waals surface area contributed by atoms with Gasteiger partial charge in [-0.15, -0.1) is 0 Å². The Bertz CT molecular complexity index is 1250. The molecule has 0 aliphatic heterocycles. The fourth-order valence-electron chi connectivity index (χ4n) is 3.96. The first-order valence-electron chi connectivity index (χ1n) is 12.3. The standard InChI is InChI=1S/C28H37ClN4O3/c1-19(16-30-18-28(5,6)32-26(35)36-27(2,3)4)14-24-31-23-15-21(29)12-13-22(23)25(34)33(24)17-20-10-8-7-9-11-20/h7-13,15,19,30H,14,16-18H2,1-6H3,(H,32,35). The molecule has 0 aliphatic rings. The third-order valence-electron chi connectivity index (χ3n) is 5.61. The molecule has 2 N–H and O–H groups in total. The Balaban J connectivity index is 1.72. The highest BCUT2D eigenvalue weighted by Gasteiger charge is 2.24. The van der Waals surface area contributed by atoms with E-state index < -0.39 is 17.2 Å². The summed E-state index contributed by atoms with van der Waals surface area (Å²) in [5.41, 5.74) is 0.536. The lowest BCUT2D eigenvalue weighted by atomic mass is 10.0. The molecule has 3 rings (SSSR count). The van der Waals surface area contributed by atoms with E-state index in [0.717, 1.165) is 11.4 Å². The maximum absolute atomic E-state index is 13.4. The lowest BCUT2D eigenvalue weighted by molar-refractivity contribution is 0.0472. The second kappa shape index (κ2) is 11.4. The van der Waals surface area contributed by atoms with E-state index in [2.05, 4.69) is 17.6 Å². The lowest BCUT2D eigenvalue weighted by Crippen LogP contribution is -2.52. The minimum Gasteiger partial charge on any atom is -0.444 e. The van der Waals surface area contributed by atoms with Gasteiger partial charge in [0.05, 0.1) is 23.0 Å². The van der Waals surface area contributed by atoms with Crippen LogP contribution in [0.5, 0.6) is 0 Å². The normalized spacial score (nSPS) is 13.0. The van der Waals surface area contributed by atoms with Crippen molar-refractivity contribution in [2.45, 2.75) is 65.6 Å². The van der Waals surface area contributed by atoms with E-state index in [-0.39, 0.29) is 11.5 Å². The minimum absolute atomic E-state index is 0.0710. The van der Waals surface area contributed by atoms with Gasteiger partial charge < -0.3 is 15.4 Å². The molecule has 0 fully saturated rings. The number of hydrogen-bond acceptors (Lipinski definition) is 5. The predicted octanol–water partition coefficient (Wildman–Crippen LogP) is 5.17. The van der Waals surface area contributed by atoms with E-state index in [1.54, 1.807) is 22.8 Å². The van der Waals surface area contributed by atoms with Crippen LogP contribution in [-0.2, 0) is 17.7 Å². The fraction of sp³-hybridized carbons (Fsp3) is 0.464. The summed E-state index contributed by atoms with van der Waals surface area (Å²) < 4.78 is 7.13. The van der Waals surface area contributed by atoms with Crippen molar-refractivity contribution in [2.75, 3.05) is 13.1 Å². The Morgan fingerprint density at radius 3 is 2.47 bits per heavy atom. The molecule has 7 nitrogen and oxygen atoms in total. The number of carbonyl (C=O) groups is 1. The molecule has 8 heteroatoms. The molecule has 0 bridgehead atoms. The smallest absolute Gasteiger partial charge is 0.408 e. The highest BCUT2D eigenvalue weighted by atomic mass is 35.5. The van der Waals surface area contributed by atoms with Gasteiger partial charge in [-0.3, -0.25) is 9.36 Å². The topological polar surface area (TPSA) is 85.2 Å². The molecule has 2 aromatic carbocycles. The van der Waals surface area contributed by atoms with E-state index in [0.29, 0.717) is 42.0 Å². The molecule has 0 radical (unpaired) electrons. The molecule has 3 aromatic rings. The SMILES string of the molecule is CC(CNCC(C)(C)NC(=O)OC(C)(C)C)Cc1nc2cc(Cl)ccc2c(=O)n1Cc1ccccc1. The van der Waals surface area contributed by atoms with E-state index in [4.69, 9.17) is 21.3 Å². The fourth-order valence-corrected chi connectivity index (χ4v) is 4.13. The molecular weight excluding hydrogens is 476 g/mol. The lowest BCUT2D eigenvalue weighted by Gasteiger charge is -2.29. The minimum atomic E-state index is -0.547. The number of halogens is 1. The second-order valence-corrected chi connectivity index (χ2v) is 11.5. The van der Waals surface area contributed by atoms with Gasteiger partial charge in [-0.05, 0) is 70.8 Å². The van der Waals surface area contributed by atoms with E-state index >= 15 is 0 Å². The van der Waals surface area contributed by atoms with Gasteiger partial charge in [0.15, 0.2) is 0 Å². The molecule has 36 heavy (non-hydrogen) atoms. The number of alkyl carbamates (subject to hydrolysis) is 1. The zero-order valence-corrected chi connectivity index (χ0v) is 22.8. The number of aromatic nitrogens is 2. The Kier molecular flexibility index (Phi) is 8.80. The first-order valence-corrected chi connectivity index (χ1v) is 12.7. The van der Waals surface area contributed by atoms with Crippen LogP contribution < -0.4 is 16.2 Å². The van der Waals surface area contributed by atoms with Gasteiger partial charge in [-0.1, -0.05) is 48.9 Å². The van der Waals surface area contributed by atoms with E-state index in [1.807, 2.05) is 65.0 Å². The predicted molar refractivity (Wildman–Crippen MR) is 146 cm³/mol. The monoisotopic (exact) mass is 512 g/mol. The summed E-state index contributed by atoms with van der Waals surface area (Å²) in [6.07, 6.45) is 0.170. The zero-order valence-electron chi connectivity index (χ0n) is 22.0. The summed E-state index contributed by atoms with van der Waals surface area (Å²) in [5, 5.41) is 7.46. The maximum Gasteiger partial charge on any atom is 0.408 e. The number of ether oxygens (including phenoxy) is 1. The first kappa shape index (κ1) is 27.7. The molecule has 0 aliphatic carbocycles. The van der Waals surface area contributed by atoms with Crippen LogP contribution in [0, 0.1) is 5.92 Å². The highest BCUT2D eigenvalue weighted by molar-refractivity contribution is 6.31. The highest BCUT2D eigenvalue weighted by Crippen LogP contribution is 2.18. The molecule has 1 aromatic heterocycles. The summed E-state index contributed by atoms with van der Waals surface area (Å²) in [6, 6.07) is 15.1. The van der Waals surface area contributed by atoms with Crippen molar-refractivity contribution < 1.29 is 9.53 Å². The number of amides is 1. The molecule has 1 atom stereocenters. The average Bonchev–Trinajstić information content (AvgIpc) is 2.75. The van der Waals surface area contributed by atoms with Crippen molar-refractivity contribution >= 4 is 28.6 Å². The van der Waals surface area contributed by atoms with Gasteiger partial charge >= 0.3 is 6.09 Å². The van der Waals surface area contributed by atoms with Gasteiger partial charge in [-0.2, -0.15) is 0 Å². The quantitative estimate of drug-likeness (QED) is 0.413. The summed E-state index contributed by atoms with van der Waals surface area (Å²) in [7, 11) is 0. The third kappa shape index (κ3) is 8.07. The van der Waals surface area contributed by atoms with Crippen LogP contribution in [0.2, 0.25) is 5.02 Å².